The van der Waals surface area contributed by atoms with E-state index in [1.807, 2.05) is 24.3 Å². The van der Waals surface area contributed by atoms with Crippen molar-refractivity contribution in [3.05, 3.63) is 89.5 Å². The van der Waals surface area contributed by atoms with Gasteiger partial charge in [0, 0.05) is 11.6 Å². The van der Waals surface area contributed by atoms with Gasteiger partial charge in [0.1, 0.15) is 6.61 Å². The van der Waals surface area contributed by atoms with Crippen molar-refractivity contribution < 1.29 is 29.3 Å². The molecule has 0 unspecified atom stereocenters. The van der Waals surface area contributed by atoms with Crippen molar-refractivity contribution in [3.8, 4) is 11.1 Å². The second-order valence-electron chi connectivity index (χ2n) is 7.98. The third-order valence-corrected chi connectivity index (χ3v) is 5.69. The van der Waals surface area contributed by atoms with Crippen LogP contribution in [0.25, 0.3) is 11.1 Å². The van der Waals surface area contributed by atoms with Gasteiger partial charge in [-0.1, -0.05) is 60.7 Å². The van der Waals surface area contributed by atoms with Crippen molar-refractivity contribution in [1.82, 2.24) is 5.32 Å². The van der Waals surface area contributed by atoms with E-state index in [4.69, 9.17) is 9.84 Å². The van der Waals surface area contributed by atoms with Crippen molar-refractivity contribution >= 4 is 23.7 Å². The summed E-state index contributed by atoms with van der Waals surface area (Å²) < 4.78 is 5.53. The summed E-state index contributed by atoms with van der Waals surface area (Å²) >= 11 is 0. The highest BCUT2D eigenvalue weighted by Crippen LogP contribution is 2.44. The molecule has 2 amide bonds. The summed E-state index contributed by atoms with van der Waals surface area (Å²) in [5, 5.41) is 22.9. The summed E-state index contributed by atoms with van der Waals surface area (Å²) in [4.78, 5) is 34.9. The number of carboxylic acids is 1. The number of aliphatic hydroxyl groups excluding tert-OH is 1. The Balaban J connectivity index is 1.29. The van der Waals surface area contributed by atoms with Crippen molar-refractivity contribution in [3.63, 3.8) is 0 Å². The van der Waals surface area contributed by atoms with Gasteiger partial charge in [-0.25, -0.2) is 9.59 Å². The van der Waals surface area contributed by atoms with E-state index in [2.05, 4.69) is 34.9 Å². The molecule has 0 heterocycles. The van der Waals surface area contributed by atoms with Crippen LogP contribution in [0, 0.1) is 0 Å². The number of carbonyl (C=O) groups is 3. The van der Waals surface area contributed by atoms with Gasteiger partial charge < -0.3 is 20.3 Å². The number of benzene rings is 3. The molecule has 8 heteroatoms. The predicted octanol–water partition coefficient (Wildman–Crippen LogP) is 3.15. The highest BCUT2D eigenvalue weighted by atomic mass is 16.5. The normalized spacial score (nSPS) is 12.9. The second-order valence-corrected chi connectivity index (χ2v) is 7.98. The molecule has 4 N–H and O–H groups in total. The standard InChI is InChI=1S/C26H24N2O6/c29-23(25(31)32)14-27-24(30)13-16-9-11-17(12-10-16)28-26(33)34-15-22-20-7-3-1-5-18(20)19-6-2-4-8-21(19)22/h1-12,22-23,29H,13-15H2,(H,27,30)(H,28,33)(H,31,32)/t23-/m0/s1. The molecule has 3 aromatic carbocycles. The van der Waals surface area contributed by atoms with E-state index >= 15 is 0 Å². The first-order chi connectivity index (χ1) is 16.4. The highest BCUT2D eigenvalue weighted by Gasteiger charge is 2.29. The lowest BCUT2D eigenvalue weighted by Crippen LogP contribution is -2.37. The van der Waals surface area contributed by atoms with Gasteiger partial charge in [0.05, 0.1) is 13.0 Å². The minimum absolute atomic E-state index is 0.0115. The van der Waals surface area contributed by atoms with Gasteiger partial charge in [0.25, 0.3) is 0 Å². The zero-order valence-electron chi connectivity index (χ0n) is 18.2. The molecule has 3 aromatic rings. The van der Waals surface area contributed by atoms with Crippen LogP contribution in [0.4, 0.5) is 10.5 Å². The van der Waals surface area contributed by atoms with Crippen LogP contribution in [0.15, 0.2) is 72.8 Å². The fourth-order valence-electron chi connectivity index (χ4n) is 4.00. The third-order valence-electron chi connectivity index (χ3n) is 5.69. The van der Waals surface area contributed by atoms with Crippen molar-refractivity contribution in [2.24, 2.45) is 0 Å². The third kappa shape index (κ3) is 5.24. The van der Waals surface area contributed by atoms with E-state index in [9.17, 15) is 19.5 Å². The molecule has 0 fully saturated rings. The summed E-state index contributed by atoms with van der Waals surface area (Å²) in [5.41, 5.74) is 5.77. The minimum atomic E-state index is -1.65. The smallest absolute Gasteiger partial charge is 0.411 e. The number of nitrogens with one attached hydrogen (secondary N) is 2. The fraction of sp³-hybridized carbons (Fsp3) is 0.192. The Labute approximate surface area is 196 Å². The number of anilines is 1. The molecule has 34 heavy (non-hydrogen) atoms. The van der Waals surface area contributed by atoms with Crippen LogP contribution in [0.1, 0.15) is 22.6 Å². The average molecular weight is 460 g/mol. The maximum Gasteiger partial charge on any atom is 0.411 e. The van der Waals surface area contributed by atoms with Gasteiger partial charge in [-0.2, -0.15) is 0 Å². The Morgan fingerprint density at radius 3 is 2.06 bits per heavy atom. The van der Waals surface area contributed by atoms with Crippen LogP contribution in [-0.4, -0.2) is 47.4 Å². The summed E-state index contributed by atoms with van der Waals surface area (Å²) in [6.45, 7) is -0.157. The molecule has 1 atom stereocenters. The molecule has 0 bridgehead atoms. The maximum atomic E-state index is 12.4. The molecule has 0 saturated carbocycles. The van der Waals surface area contributed by atoms with Gasteiger partial charge in [0.2, 0.25) is 5.91 Å². The molecular formula is C26H24N2O6. The second kappa shape index (κ2) is 10.2. The largest absolute Gasteiger partial charge is 0.479 e. The molecule has 8 nitrogen and oxygen atoms in total. The Kier molecular flexibility index (Phi) is 6.89. The number of hydrogen-bond donors (Lipinski definition) is 4. The summed E-state index contributed by atoms with van der Waals surface area (Å²) in [7, 11) is 0. The molecule has 0 aliphatic heterocycles. The topological polar surface area (TPSA) is 125 Å². The number of rotatable bonds is 8. The first-order valence-electron chi connectivity index (χ1n) is 10.8. The number of aliphatic carboxylic acids is 1. The van der Waals surface area contributed by atoms with Gasteiger partial charge in [-0.3, -0.25) is 10.1 Å². The van der Waals surface area contributed by atoms with E-state index in [0.717, 1.165) is 22.3 Å². The van der Waals surface area contributed by atoms with Crippen LogP contribution in [-0.2, 0) is 20.7 Å². The first-order valence-corrected chi connectivity index (χ1v) is 10.8. The summed E-state index contributed by atoms with van der Waals surface area (Å²) in [6, 6.07) is 22.9. The SMILES string of the molecule is O=C(Cc1ccc(NC(=O)OCC2c3ccccc3-c3ccccc32)cc1)NC[C@H](O)C(=O)O. The van der Waals surface area contributed by atoms with Crippen LogP contribution in [0.3, 0.4) is 0 Å². The Hall–Kier alpha value is -4.17. The number of carbonyl (C=O) groups excluding carboxylic acids is 2. The van der Waals surface area contributed by atoms with E-state index in [1.165, 1.54) is 0 Å². The molecule has 1 aliphatic carbocycles. The van der Waals surface area contributed by atoms with Gasteiger partial charge in [-0.05, 0) is 39.9 Å². The molecule has 0 aromatic heterocycles. The summed E-state index contributed by atoms with van der Waals surface area (Å²) in [5.74, 6) is -1.85. The van der Waals surface area contributed by atoms with Crippen molar-refractivity contribution in [2.75, 3.05) is 18.5 Å². The quantitative estimate of drug-likeness (QED) is 0.409. The lowest BCUT2D eigenvalue weighted by Gasteiger charge is -2.14. The van der Waals surface area contributed by atoms with E-state index in [-0.39, 0.29) is 25.5 Å². The van der Waals surface area contributed by atoms with Crippen LogP contribution >= 0.6 is 0 Å². The average Bonchev–Trinajstić information content (AvgIpc) is 3.16. The molecular weight excluding hydrogens is 436 g/mol. The molecule has 1 aliphatic rings. The minimum Gasteiger partial charge on any atom is -0.479 e. The molecule has 0 radical (unpaired) electrons. The number of ether oxygens (including phenoxy) is 1. The molecule has 174 valence electrons. The number of fused-ring (bicyclic) bond motifs is 3. The zero-order chi connectivity index (χ0) is 24.1. The molecule has 0 saturated heterocycles. The van der Waals surface area contributed by atoms with Crippen LogP contribution in [0.5, 0.6) is 0 Å². The Morgan fingerprint density at radius 1 is 0.882 bits per heavy atom. The molecule has 0 spiro atoms. The maximum absolute atomic E-state index is 12.4. The number of amides is 2. The van der Waals surface area contributed by atoms with Gasteiger partial charge >= 0.3 is 12.1 Å². The summed E-state index contributed by atoms with van der Waals surface area (Å²) in [6.07, 6.45) is -2.21. The van der Waals surface area contributed by atoms with E-state index < -0.39 is 24.1 Å². The van der Waals surface area contributed by atoms with Crippen LogP contribution in [0.2, 0.25) is 0 Å². The highest BCUT2D eigenvalue weighted by molar-refractivity contribution is 5.85. The van der Waals surface area contributed by atoms with Crippen molar-refractivity contribution in [2.45, 2.75) is 18.4 Å². The first kappa shape index (κ1) is 23.0. The Morgan fingerprint density at radius 2 is 1.47 bits per heavy atom. The fourth-order valence-corrected chi connectivity index (χ4v) is 4.00. The number of carboxylic acid groups (broad SMARTS) is 1. The lowest BCUT2D eigenvalue weighted by atomic mass is 9.98. The Bertz CT molecular complexity index is 1160. The molecule has 4 rings (SSSR count). The number of aliphatic hydroxyl groups is 1. The number of hydrogen-bond acceptors (Lipinski definition) is 5. The lowest BCUT2D eigenvalue weighted by molar-refractivity contribution is -0.146. The predicted molar refractivity (Wildman–Crippen MR) is 125 cm³/mol. The van der Waals surface area contributed by atoms with Crippen LogP contribution < -0.4 is 10.6 Å². The van der Waals surface area contributed by atoms with E-state index in [1.54, 1.807) is 24.3 Å². The van der Waals surface area contributed by atoms with Crippen molar-refractivity contribution in [1.29, 1.82) is 0 Å². The monoisotopic (exact) mass is 460 g/mol. The zero-order valence-corrected chi connectivity index (χ0v) is 18.2. The van der Waals surface area contributed by atoms with E-state index in [0.29, 0.717) is 11.3 Å². The van der Waals surface area contributed by atoms with Gasteiger partial charge in [-0.15, -0.1) is 0 Å². The van der Waals surface area contributed by atoms with Gasteiger partial charge in [0.15, 0.2) is 6.10 Å².